The lowest BCUT2D eigenvalue weighted by molar-refractivity contribution is -0.163. The Morgan fingerprint density at radius 1 is 1.19 bits per heavy atom. The predicted molar refractivity (Wildman–Crippen MR) is 106 cm³/mol. The molecule has 0 aromatic heterocycles. The van der Waals surface area contributed by atoms with Crippen molar-refractivity contribution in [2.24, 2.45) is 0 Å². The molecule has 1 N–H and O–H groups in total. The number of benzene rings is 1. The molecule has 26 heavy (non-hydrogen) atoms. The predicted octanol–water partition coefficient (Wildman–Crippen LogP) is 4.58. The summed E-state index contributed by atoms with van der Waals surface area (Å²) < 4.78 is 18.4. The Bertz CT molecular complexity index is 650. The third-order valence-corrected chi connectivity index (χ3v) is 10.7. The van der Waals surface area contributed by atoms with Crippen LogP contribution < -0.4 is 0 Å². The van der Waals surface area contributed by atoms with Gasteiger partial charge in [-0.05, 0) is 49.5 Å². The van der Waals surface area contributed by atoms with Gasteiger partial charge in [-0.2, -0.15) is 0 Å². The highest BCUT2D eigenvalue weighted by molar-refractivity contribution is 6.74. The van der Waals surface area contributed by atoms with Gasteiger partial charge in [-0.3, -0.25) is 0 Å². The summed E-state index contributed by atoms with van der Waals surface area (Å²) in [4.78, 5) is 0. The molecular weight excluding hydrogens is 344 g/mol. The third-order valence-electron chi connectivity index (χ3n) is 6.22. The van der Waals surface area contributed by atoms with Crippen LogP contribution >= 0.6 is 0 Å². The average Bonchev–Trinajstić information content (AvgIpc) is 2.99. The van der Waals surface area contributed by atoms with Crippen LogP contribution in [0.4, 0.5) is 0 Å². The second-order valence-electron chi connectivity index (χ2n) is 9.77. The van der Waals surface area contributed by atoms with Crippen LogP contribution in [0.15, 0.2) is 24.3 Å². The van der Waals surface area contributed by atoms with Gasteiger partial charge in [0.05, 0.1) is 18.8 Å². The van der Waals surface area contributed by atoms with Gasteiger partial charge in [0.1, 0.15) is 6.10 Å². The van der Waals surface area contributed by atoms with E-state index in [-0.39, 0.29) is 23.2 Å². The van der Waals surface area contributed by atoms with Gasteiger partial charge in [0.15, 0.2) is 14.1 Å². The van der Waals surface area contributed by atoms with Crippen molar-refractivity contribution in [3.05, 3.63) is 35.4 Å². The van der Waals surface area contributed by atoms with Crippen molar-refractivity contribution < 1.29 is 19.0 Å². The van der Waals surface area contributed by atoms with Crippen molar-refractivity contribution in [2.75, 3.05) is 0 Å². The van der Waals surface area contributed by atoms with Crippen LogP contribution in [-0.2, 0) is 20.5 Å². The molecule has 0 unspecified atom stereocenters. The van der Waals surface area contributed by atoms with E-state index in [0.717, 1.165) is 0 Å². The fraction of sp³-hybridized carbons (Fsp3) is 0.714. The molecule has 4 atom stereocenters. The molecule has 2 fully saturated rings. The number of rotatable bonds is 4. The van der Waals surface area contributed by atoms with Gasteiger partial charge in [0, 0.05) is 5.92 Å². The van der Waals surface area contributed by atoms with Crippen molar-refractivity contribution in [2.45, 2.75) is 95.8 Å². The molecule has 5 heteroatoms. The Balaban J connectivity index is 1.74. The molecule has 4 nitrogen and oxygen atoms in total. The van der Waals surface area contributed by atoms with Gasteiger partial charge in [-0.1, -0.05) is 45.0 Å². The Morgan fingerprint density at radius 3 is 2.50 bits per heavy atom. The zero-order chi connectivity index (χ0) is 19.3. The molecule has 146 valence electrons. The largest absolute Gasteiger partial charge is 0.413 e. The van der Waals surface area contributed by atoms with E-state index < -0.39 is 20.2 Å². The fourth-order valence-electron chi connectivity index (χ4n) is 3.67. The van der Waals surface area contributed by atoms with Gasteiger partial charge >= 0.3 is 0 Å². The number of hydrogen-bond donors (Lipinski definition) is 1. The first-order valence-corrected chi connectivity index (χ1v) is 12.6. The molecule has 1 aromatic rings. The molecule has 1 heterocycles. The topological polar surface area (TPSA) is 47.9 Å². The van der Waals surface area contributed by atoms with Gasteiger partial charge < -0.3 is 19.0 Å². The highest BCUT2D eigenvalue weighted by atomic mass is 28.4. The van der Waals surface area contributed by atoms with Gasteiger partial charge in [-0.25, -0.2) is 0 Å². The molecule has 0 radical (unpaired) electrons. The van der Waals surface area contributed by atoms with Crippen molar-refractivity contribution in [1.82, 2.24) is 0 Å². The molecule has 1 aliphatic heterocycles. The Hall–Kier alpha value is -0.723. The van der Waals surface area contributed by atoms with Crippen molar-refractivity contribution in [1.29, 1.82) is 0 Å². The summed E-state index contributed by atoms with van der Waals surface area (Å²) in [6.45, 7) is 15.8. The van der Waals surface area contributed by atoms with E-state index in [0.29, 0.717) is 13.0 Å². The summed E-state index contributed by atoms with van der Waals surface area (Å²) in [5, 5.41) is 10.6. The minimum Gasteiger partial charge on any atom is -0.413 e. The summed E-state index contributed by atoms with van der Waals surface area (Å²) >= 11 is 0. The van der Waals surface area contributed by atoms with Crippen LogP contribution in [-0.4, -0.2) is 37.5 Å². The van der Waals surface area contributed by atoms with Crippen LogP contribution in [0.5, 0.6) is 0 Å². The Morgan fingerprint density at radius 2 is 1.85 bits per heavy atom. The quantitative estimate of drug-likeness (QED) is 0.779. The lowest BCUT2D eigenvalue weighted by Gasteiger charge is -2.36. The first-order valence-electron chi connectivity index (χ1n) is 9.66. The van der Waals surface area contributed by atoms with Crippen LogP contribution in [0, 0.1) is 0 Å². The normalized spacial score (nSPS) is 31.2. The van der Waals surface area contributed by atoms with Crippen molar-refractivity contribution in [3.8, 4) is 0 Å². The third kappa shape index (κ3) is 3.92. The molecule has 0 amide bonds. The van der Waals surface area contributed by atoms with Crippen LogP contribution in [0.3, 0.4) is 0 Å². The highest BCUT2D eigenvalue weighted by Crippen LogP contribution is 2.46. The minimum atomic E-state index is -1.77. The smallest absolute Gasteiger partial charge is 0.192 e. The average molecular weight is 379 g/mol. The first-order chi connectivity index (χ1) is 11.9. The molecule has 1 saturated carbocycles. The molecule has 0 bridgehead atoms. The van der Waals surface area contributed by atoms with Crippen LogP contribution in [0.1, 0.15) is 58.1 Å². The zero-order valence-corrected chi connectivity index (χ0v) is 18.2. The number of aliphatic hydroxyl groups excluding tert-OH is 1. The molecule has 1 saturated heterocycles. The van der Waals surface area contributed by atoms with E-state index in [2.05, 4.69) is 58.1 Å². The molecule has 2 aliphatic rings. The van der Waals surface area contributed by atoms with E-state index in [1.807, 2.05) is 13.8 Å². The summed E-state index contributed by atoms with van der Waals surface area (Å²) in [6, 6.07) is 8.54. The van der Waals surface area contributed by atoms with Gasteiger partial charge in [-0.15, -0.1) is 0 Å². The number of ether oxygens (including phenoxy) is 2. The van der Waals surface area contributed by atoms with E-state index >= 15 is 0 Å². The molecule has 3 rings (SSSR count). The fourth-order valence-corrected chi connectivity index (χ4v) is 4.63. The van der Waals surface area contributed by atoms with Crippen LogP contribution in [0.2, 0.25) is 18.1 Å². The van der Waals surface area contributed by atoms with Crippen molar-refractivity contribution in [3.63, 3.8) is 0 Å². The molecule has 1 aliphatic carbocycles. The Kier molecular flexibility index (Phi) is 5.17. The summed E-state index contributed by atoms with van der Waals surface area (Å²) in [6.07, 6.45) is -0.115. The summed E-state index contributed by atoms with van der Waals surface area (Å²) in [5.41, 5.74) is 2.39. The standard InChI is InChI=1S/C21H34O4Si/c1-20(2,3)26(6,7)23-13-14-9-8-10-15(11-14)16-12-17(22)19-18(16)24-21(4,5)25-19/h8-11,16-19,22H,12-13H2,1-7H3/t16-,17+,18-,19+/m1/s1. The van der Waals surface area contributed by atoms with E-state index in [1.165, 1.54) is 11.1 Å². The van der Waals surface area contributed by atoms with Gasteiger partial charge in [0.25, 0.3) is 0 Å². The molecule has 0 spiro atoms. The minimum absolute atomic E-state index is 0.0865. The zero-order valence-electron chi connectivity index (χ0n) is 17.2. The van der Waals surface area contributed by atoms with Crippen molar-refractivity contribution >= 4 is 8.32 Å². The maximum atomic E-state index is 10.4. The summed E-state index contributed by atoms with van der Waals surface area (Å²) in [7, 11) is -1.77. The second-order valence-corrected chi connectivity index (χ2v) is 14.6. The Labute approximate surface area is 159 Å². The van der Waals surface area contributed by atoms with Crippen LogP contribution in [0.25, 0.3) is 0 Å². The lowest BCUT2D eigenvalue weighted by atomic mass is 9.94. The van der Waals surface area contributed by atoms with E-state index in [1.54, 1.807) is 0 Å². The maximum absolute atomic E-state index is 10.4. The highest BCUT2D eigenvalue weighted by Gasteiger charge is 2.53. The SMILES string of the molecule is CC1(C)O[C@@H]2[C@H](O1)[C@@H](c1cccc(CO[Si](C)(C)C(C)(C)C)c1)C[C@@H]2O. The maximum Gasteiger partial charge on any atom is 0.192 e. The first kappa shape index (κ1) is 20.0. The lowest BCUT2D eigenvalue weighted by Crippen LogP contribution is -2.40. The number of aliphatic hydroxyl groups is 1. The number of hydrogen-bond acceptors (Lipinski definition) is 4. The number of fused-ring (bicyclic) bond motifs is 1. The van der Waals surface area contributed by atoms with E-state index in [9.17, 15) is 5.11 Å². The van der Waals surface area contributed by atoms with Gasteiger partial charge in [0.2, 0.25) is 0 Å². The molecule has 1 aromatic carbocycles. The summed E-state index contributed by atoms with van der Waals surface area (Å²) in [5.74, 6) is -0.470. The monoisotopic (exact) mass is 378 g/mol. The molecular formula is C21H34O4Si. The van der Waals surface area contributed by atoms with E-state index in [4.69, 9.17) is 13.9 Å². The second kappa shape index (κ2) is 6.71.